The summed E-state index contributed by atoms with van der Waals surface area (Å²) < 4.78 is 1.57. The van der Waals surface area contributed by atoms with E-state index >= 15 is 0 Å². The lowest BCUT2D eigenvalue weighted by molar-refractivity contribution is -0.137. The van der Waals surface area contributed by atoms with Gasteiger partial charge in [0.05, 0.1) is 5.02 Å². The Kier molecular flexibility index (Phi) is 4.11. The minimum Gasteiger partial charge on any atom is -0.481 e. The molecule has 2 aromatic rings. The number of halogens is 1. The van der Waals surface area contributed by atoms with Crippen LogP contribution in [-0.2, 0) is 11.3 Å². The van der Waals surface area contributed by atoms with Crippen LogP contribution >= 0.6 is 11.6 Å². The maximum Gasteiger partial charge on any atom is 0.303 e. The Labute approximate surface area is 115 Å². The normalized spacial score (nSPS) is 10.6. The highest BCUT2D eigenvalue weighted by molar-refractivity contribution is 6.33. The largest absolute Gasteiger partial charge is 0.481 e. The van der Waals surface area contributed by atoms with Gasteiger partial charge in [-0.05, 0) is 35.4 Å². The molecule has 0 aliphatic carbocycles. The van der Waals surface area contributed by atoms with Crippen LogP contribution in [0, 0.1) is 6.92 Å². The Morgan fingerprint density at radius 3 is 3.00 bits per heavy atom. The van der Waals surface area contributed by atoms with Crippen LogP contribution in [0.15, 0.2) is 18.2 Å². The van der Waals surface area contributed by atoms with Crippen molar-refractivity contribution in [2.24, 2.45) is 0 Å². The van der Waals surface area contributed by atoms with Crippen molar-refractivity contribution >= 4 is 17.6 Å². The lowest BCUT2D eigenvalue weighted by Gasteiger charge is -2.07. The molecule has 1 heterocycles. The molecule has 0 unspecified atom stereocenters. The average molecular weight is 281 g/mol. The lowest BCUT2D eigenvalue weighted by Crippen LogP contribution is -2.06. The number of aryl methyl sites for hydroxylation is 2. The van der Waals surface area contributed by atoms with Crippen LogP contribution in [0.1, 0.15) is 18.4 Å². The van der Waals surface area contributed by atoms with Crippen LogP contribution in [-0.4, -0.2) is 31.3 Å². The third-order valence-electron chi connectivity index (χ3n) is 2.73. The van der Waals surface area contributed by atoms with Gasteiger partial charge in [-0.3, -0.25) is 4.79 Å². The minimum atomic E-state index is -0.830. The summed E-state index contributed by atoms with van der Waals surface area (Å²) in [7, 11) is 0. The molecule has 0 saturated carbocycles. The molecule has 0 bridgehead atoms. The molecule has 19 heavy (non-hydrogen) atoms. The number of aromatic nitrogens is 4. The molecule has 0 spiro atoms. The molecule has 0 aliphatic heterocycles. The van der Waals surface area contributed by atoms with Crippen LogP contribution in [0.2, 0.25) is 5.02 Å². The molecule has 7 heteroatoms. The van der Waals surface area contributed by atoms with E-state index in [2.05, 4.69) is 15.5 Å². The molecule has 1 N–H and O–H groups in total. The Hall–Kier alpha value is -1.95. The number of hydrogen-bond donors (Lipinski definition) is 1. The first-order chi connectivity index (χ1) is 9.09. The fourth-order valence-corrected chi connectivity index (χ4v) is 1.96. The molecular weight excluding hydrogens is 268 g/mol. The van der Waals surface area contributed by atoms with E-state index in [9.17, 15) is 4.79 Å². The first-order valence-corrected chi connectivity index (χ1v) is 6.21. The molecule has 100 valence electrons. The molecular formula is C12H13ClN4O2. The van der Waals surface area contributed by atoms with E-state index in [0.717, 1.165) is 11.1 Å². The number of carboxylic acids is 1. The number of benzene rings is 1. The number of hydrogen-bond acceptors (Lipinski definition) is 4. The molecule has 0 saturated heterocycles. The Balaban J connectivity index is 2.24. The zero-order chi connectivity index (χ0) is 13.8. The first-order valence-electron chi connectivity index (χ1n) is 5.83. The molecule has 1 aromatic heterocycles. The summed E-state index contributed by atoms with van der Waals surface area (Å²) in [6.07, 6.45) is 0.553. The van der Waals surface area contributed by atoms with Gasteiger partial charge in [-0.25, -0.2) is 4.68 Å². The van der Waals surface area contributed by atoms with Crippen LogP contribution in [0.5, 0.6) is 0 Å². The van der Waals surface area contributed by atoms with Crippen LogP contribution < -0.4 is 0 Å². The second kappa shape index (κ2) is 5.79. The predicted octanol–water partition coefficient (Wildman–Crippen LogP) is 2.17. The van der Waals surface area contributed by atoms with Gasteiger partial charge in [0.2, 0.25) is 0 Å². The van der Waals surface area contributed by atoms with Crippen molar-refractivity contribution in [3.8, 4) is 11.4 Å². The lowest BCUT2D eigenvalue weighted by atomic mass is 10.1. The Morgan fingerprint density at radius 1 is 1.47 bits per heavy atom. The zero-order valence-electron chi connectivity index (χ0n) is 10.4. The van der Waals surface area contributed by atoms with Gasteiger partial charge in [-0.1, -0.05) is 23.7 Å². The summed E-state index contributed by atoms with van der Waals surface area (Å²) in [6.45, 7) is 2.35. The number of nitrogens with zero attached hydrogens (tertiary/aromatic N) is 4. The molecule has 0 amide bonds. The van der Waals surface area contributed by atoms with E-state index in [0.29, 0.717) is 23.8 Å². The maximum absolute atomic E-state index is 10.5. The van der Waals surface area contributed by atoms with E-state index in [4.69, 9.17) is 16.7 Å². The van der Waals surface area contributed by atoms with Crippen molar-refractivity contribution in [1.29, 1.82) is 0 Å². The Morgan fingerprint density at radius 2 is 2.26 bits per heavy atom. The second-order valence-corrected chi connectivity index (χ2v) is 4.54. The number of carboxylic acid groups (broad SMARTS) is 1. The summed E-state index contributed by atoms with van der Waals surface area (Å²) in [4.78, 5) is 10.5. The van der Waals surface area contributed by atoms with E-state index in [1.807, 2.05) is 25.1 Å². The Bertz CT molecular complexity index is 597. The van der Waals surface area contributed by atoms with Crippen LogP contribution in [0.3, 0.4) is 0 Å². The highest BCUT2D eigenvalue weighted by Crippen LogP contribution is 2.28. The van der Waals surface area contributed by atoms with Crippen LogP contribution in [0.4, 0.5) is 0 Å². The number of aliphatic carboxylic acids is 1. The third-order valence-corrected chi connectivity index (χ3v) is 3.23. The van der Waals surface area contributed by atoms with Gasteiger partial charge in [-0.2, -0.15) is 0 Å². The SMILES string of the molecule is Cc1cccc(-c2nnnn2CCCC(=O)O)c1Cl. The molecule has 6 nitrogen and oxygen atoms in total. The summed E-state index contributed by atoms with van der Waals surface area (Å²) in [6, 6.07) is 5.63. The minimum absolute atomic E-state index is 0.0842. The zero-order valence-corrected chi connectivity index (χ0v) is 11.1. The fourth-order valence-electron chi connectivity index (χ4n) is 1.75. The van der Waals surface area contributed by atoms with E-state index in [-0.39, 0.29) is 6.42 Å². The van der Waals surface area contributed by atoms with Gasteiger partial charge in [0.1, 0.15) is 0 Å². The molecule has 0 radical (unpaired) electrons. The standard InChI is InChI=1S/C12H13ClN4O2/c1-8-4-2-5-9(11(8)13)12-14-15-16-17(12)7-3-6-10(18)19/h2,4-5H,3,6-7H2,1H3,(H,18,19). The molecule has 0 atom stereocenters. The quantitative estimate of drug-likeness (QED) is 0.908. The van der Waals surface area contributed by atoms with Crippen molar-refractivity contribution in [3.05, 3.63) is 28.8 Å². The summed E-state index contributed by atoms with van der Waals surface area (Å²) in [5, 5.41) is 20.7. The molecule has 1 aromatic carbocycles. The molecule has 0 fully saturated rings. The second-order valence-electron chi connectivity index (χ2n) is 4.16. The highest BCUT2D eigenvalue weighted by atomic mass is 35.5. The van der Waals surface area contributed by atoms with Gasteiger partial charge >= 0.3 is 5.97 Å². The third kappa shape index (κ3) is 3.08. The van der Waals surface area contributed by atoms with Gasteiger partial charge in [0.15, 0.2) is 5.82 Å². The maximum atomic E-state index is 10.5. The molecule has 0 aliphatic rings. The number of carbonyl (C=O) groups is 1. The van der Waals surface area contributed by atoms with Crippen molar-refractivity contribution in [3.63, 3.8) is 0 Å². The van der Waals surface area contributed by atoms with Crippen molar-refractivity contribution in [2.45, 2.75) is 26.3 Å². The van der Waals surface area contributed by atoms with E-state index < -0.39 is 5.97 Å². The predicted molar refractivity (Wildman–Crippen MR) is 69.9 cm³/mol. The first kappa shape index (κ1) is 13.5. The topological polar surface area (TPSA) is 80.9 Å². The smallest absolute Gasteiger partial charge is 0.303 e. The highest BCUT2D eigenvalue weighted by Gasteiger charge is 2.13. The average Bonchev–Trinajstić information content (AvgIpc) is 2.80. The van der Waals surface area contributed by atoms with E-state index in [1.54, 1.807) is 4.68 Å². The monoisotopic (exact) mass is 280 g/mol. The van der Waals surface area contributed by atoms with Gasteiger partial charge in [0.25, 0.3) is 0 Å². The van der Waals surface area contributed by atoms with Gasteiger partial charge in [0, 0.05) is 18.5 Å². The number of rotatable bonds is 5. The van der Waals surface area contributed by atoms with Crippen molar-refractivity contribution < 1.29 is 9.90 Å². The van der Waals surface area contributed by atoms with Crippen LogP contribution in [0.25, 0.3) is 11.4 Å². The van der Waals surface area contributed by atoms with Crippen molar-refractivity contribution in [2.75, 3.05) is 0 Å². The molecule has 2 rings (SSSR count). The van der Waals surface area contributed by atoms with Crippen molar-refractivity contribution in [1.82, 2.24) is 20.2 Å². The summed E-state index contributed by atoms with van der Waals surface area (Å²) >= 11 is 6.24. The van der Waals surface area contributed by atoms with Gasteiger partial charge in [-0.15, -0.1) is 5.10 Å². The van der Waals surface area contributed by atoms with Gasteiger partial charge < -0.3 is 5.11 Å². The summed E-state index contributed by atoms with van der Waals surface area (Å²) in [5.41, 5.74) is 1.70. The number of tetrazole rings is 1. The van der Waals surface area contributed by atoms with E-state index in [1.165, 1.54) is 0 Å². The fraction of sp³-hybridized carbons (Fsp3) is 0.333. The summed E-state index contributed by atoms with van der Waals surface area (Å²) in [5.74, 6) is -0.276.